The van der Waals surface area contributed by atoms with Crippen LogP contribution < -0.4 is 10.3 Å². The van der Waals surface area contributed by atoms with E-state index in [4.69, 9.17) is 9.72 Å². The molecule has 1 heterocycles. The molecule has 0 N–H and O–H groups in total. The van der Waals surface area contributed by atoms with Crippen LogP contribution >= 0.6 is 15.9 Å². The Morgan fingerprint density at radius 3 is 2.58 bits per heavy atom. The van der Waals surface area contributed by atoms with Gasteiger partial charge in [-0.2, -0.15) is 9.78 Å². The third kappa shape index (κ3) is 5.01. The predicted molar refractivity (Wildman–Crippen MR) is 140 cm³/mol. The van der Waals surface area contributed by atoms with Crippen molar-refractivity contribution in [2.75, 3.05) is 6.61 Å². The number of halogens is 1. The molecule has 5 nitrogen and oxygen atoms in total. The van der Waals surface area contributed by atoms with Gasteiger partial charge in [0.05, 0.1) is 23.7 Å². The fourth-order valence-electron chi connectivity index (χ4n) is 3.60. The van der Waals surface area contributed by atoms with Gasteiger partial charge in [-0.3, -0.25) is 4.79 Å². The lowest BCUT2D eigenvalue weighted by atomic mass is 9.98. The lowest BCUT2D eigenvalue weighted by Crippen LogP contribution is -2.23. The average Bonchev–Trinajstić information content (AvgIpc) is 2.76. The lowest BCUT2D eigenvalue weighted by molar-refractivity contribution is 0.198. The van der Waals surface area contributed by atoms with Gasteiger partial charge in [-0.15, -0.1) is 0 Å². The quantitative estimate of drug-likeness (QED) is 0.282. The summed E-state index contributed by atoms with van der Waals surface area (Å²) in [6, 6.07) is 17.6. The van der Waals surface area contributed by atoms with Gasteiger partial charge in [0.1, 0.15) is 11.6 Å². The van der Waals surface area contributed by atoms with Gasteiger partial charge in [-0.25, -0.2) is 4.98 Å². The van der Waals surface area contributed by atoms with Gasteiger partial charge >= 0.3 is 0 Å². The summed E-state index contributed by atoms with van der Waals surface area (Å²) in [6.45, 7) is 11.0. The monoisotopic (exact) mass is 505 g/mol. The molecule has 3 aromatic carbocycles. The van der Waals surface area contributed by atoms with Gasteiger partial charge in [-0.05, 0) is 40.5 Å². The van der Waals surface area contributed by atoms with Crippen molar-refractivity contribution in [3.63, 3.8) is 0 Å². The van der Waals surface area contributed by atoms with Gasteiger partial charge < -0.3 is 4.74 Å². The normalized spacial score (nSPS) is 12.3. The molecule has 0 amide bonds. The van der Waals surface area contributed by atoms with Crippen LogP contribution in [0.1, 0.15) is 51.9 Å². The SMILES string of the molecule is CC(C)c1nc2ccc(Br)cc2c(=O)n1N=Cc1c(OCC(C)(C)C)ccc2ccccc12. The van der Waals surface area contributed by atoms with E-state index < -0.39 is 0 Å². The number of fused-ring (bicyclic) bond motifs is 2. The molecule has 0 aliphatic heterocycles. The van der Waals surface area contributed by atoms with E-state index in [2.05, 4.69) is 47.9 Å². The zero-order valence-electron chi connectivity index (χ0n) is 19.6. The first-order valence-corrected chi connectivity index (χ1v) is 11.8. The second kappa shape index (κ2) is 9.10. The molecule has 0 saturated carbocycles. The maximum Gasteiger partial charge on any atom is 0.282 e. The third-order valence-corrected chi connectivity index (χ3v) is 5.74. The van der Waals surface area contributed by atoms with E-state index in [1.54, 1.807) is 12.3 Å². The molecule has 0 fully saturated rings. The topological polar surface area (TPSA) is 56.5 Å². The van der Waals surface area contributed by atoms with Crippen molar-refractivity contribution in [3.05, 3.63) is 80.8 Å². The Hall–Kier alpha value is -2.99. The van der Waals surface area contributed by atoms with E-state index in [-0.39, 0.29) is 16.9 Å². The molecule has 4 aromatic rings. The zero-order chi connectivity index (χ0) is 23.8. The fourth-order valence-corrected chi connectivity index (χ4v) is 3.96. The summed E-state index contributed by atoms with van der Waals surface area (Å²) in [5, 5.41) is 7.27. The number of ether oxygens (including phenoxy) is 1. The van der Waals surface area contributed by atoms with Gasteiger partial charge in [-0.1, -0.05) is 80.9 Å². The van der Waals surface area contributed by atoms with E-state index >= 15 is 0 Å². The van der Waals surface area contributed by atoms with Gasteiger partial charge in [0, 0.05) is 16.0 Å². The maximum absolute atomic E-state index is 13.4. The van der Waals surface area contributed by atoms with Crippen LogP contribution in [0.25, 0.3) is 21.7 Å². The minimum Gasteiger partial charge on any atom is -0.492 e. The van der Waals surface area contributed by atoms with Crippen molar-refractivity contribution in [2.45, 2.75) is 40.5 Å². The number of hydrogen-bond donors (Lipinski definition) is 0. The van der Waals surface area contributed by atoms with Gasteiger partial charge in [0.25, 0.3) is 5.56 Å². The first-order chi connectivity index (χ1) is 15.6. The Kier molecular flexibility index (Phi) is 6.39. The van der Waals surface area contributed by atoms with Crippen LogP contribution in [0, 0.1) is 5.41 Å². The molecule has 0 radical (unpaired) electrons. The summed E-state index contributed by atoms with van der Waals surface area (Å²) in [5.74, 6) is 1.37. The Balaban J connectivity index is 1.90. The van der Waals surface area contributed by atoms with Crippen LogP contribution in [0.3, 0.4) is 0 Å². The number of rotatable bonds is 5. The molecule has 6 heteroatoms. The minimum atomic E-state index is -0.196. The van der Waals surface area contributed by atoms with Crippen molar-refractivity contribution in [1.82, 2.24) is 9.66 Å². The van der Waals surface area contributed by atoms with Gasteiger partial charge in [0.15, 0.2) is 0 Å². The number of hydrogen-bond acceptors (Lipinski definition) is 4. The summed E-state index contributed by atoms with van der Waals surface area (Å²) in [4.78, 5) is 18.1. The highest BCUT2D eigenvalue weighted by molar-refractivity contribution is 9.10. The van der Waals surface area contributed by atoms with Crippen molar-refractivity contribution in [2.24, 2.45) is 10.5 Å². The molecule has 0 atom stereocenters. The summed E-state index contributed by atoms with van der Waals surface area (Å²) in [6.07, 6.45) is 1.72. The molecule has 0 aliphatic rings. The predicted octanol–water partition coefficient (Wildman–Crippen LogP) is 6.74. The standard InChI is InChI=1S/C27H28BrN3O2/c1-17(2)25-30-23-12-11-19(28)14-21(23)26(32)31(25)29-15-22-20-9-7-6-8-18(20)10-13-24(22)33-16-27(3,4)5/h6-15,17H,16H2,1-5H3. The van der Waals surface area contributed by atoms with Crippen LogP contribution in [0.5, 0.6) is 5.75 Å². The molecule has 0 unspecified atom stereocenters. The highest BCUT2D eigenvalue weighted by atomic mass is 79.9. The first-order valence-electron chi connectivity index (χ1n) is 11.1. The molecule has 0 spiro atoms. The molecule has 0 saturated heterocycles. The highest BCUT2D eigenvalue weighted by Gasteiger charge is 2.16. The smallest absolute Gasteiger partial charge is 0.282 e. The largest absolute Gasteiger partial charge is 0.492 e. The van der Waals surface area contributed by atoms with Crippen molar-refractivity contribution >= 4 is 43.8 Å². The van der Waals surface area contributed by atoms with E-state index in [0.717, 1.165) is 26.6 Å². The van der Waals surface area contributed by atoms with Gasteiger partial charge in [0.2, 0.25) is 0 Å². The summed E-state index contributed by atoms with van der Waals surface area (Å²) in [5.41, 5.74) is 1.32. The lowest BCUT2D eigenvalue weighted by Gasteiger charge is -2.20. The number of nitrogens with zero attached hydrogens (tertiary/aromatic N) is 3. The first kappa shape index (κ1) is 23.2. The second-order valence-electron chi connectivity index (χ2n) is 9.70. The molecule has 33 heavy (non-hydrogen) atoms. The number of aromatic nitrogens is 2. The Labute approximate surface area is 202 Å². The van der Waals surface area contributed by atoms with E-state index in [0.29, 0.717) is 23.3 Å². The Morgan fingerprint density at radius 2 is 1.85 bits per heavy atom. The highest BCUT2D eigenvalue weighted by Crippen LogP contribution is 2.28. The molecule has 4 rings (SSSR count). The zero-order valence-corrected chi connectivity index (χ0v) is 21.2. The van der Waals surface area contributed by atoms with Crippen molar-refractivity contribution < 1.29 is 4.74 Å². The third-order valence-electron chi connectivity index (χ3n) is 5.24. The minimum absolute atomic E-state index is 0.0114. The maximum atomic E-state index is 13.4. The second-order valence-corrected chi connectivity index (χ2v) is 10.6. The molecule has 0 aliphatic carbocycles. The van der Waals surface area contributed by atoms with E-state index in [9.17, 15) is 4.79 Å². The molecule has 1 aromatic heterocycles. The Bertz CT molecular complexity index is 1420. The summed E-state index contributed by atoms with van der Waals surface area (Å²) < 4.78 is 8.43. The average molecular weight is 506 g/mol. The molecular weight excluding hydrogens is 478 g/mol. The van der Waals surface area contributed by atoms with Crippen LogP contribution in [0.15, 0.2) is 69.0 Å². The summed E-state index contributed by atoms with van der Waals surface area (Å²) >= 11 is 3.45. The molecule has 0 bridgehead atoms. The van der Waals surface area contributed by atoms with Crippen molar-refractivity contribution in [1.29, 1.82) is 0 Å². The molecular formula is C27H28BrN3O2. The van der Waals surface area contributed by atoms with Crippen LogP contribution in [-0.4, -0.2) is 22.5 Å². The van der Waals surface area contributed by atoms with Crippen LogP contribution in [0.2, 0.25) is 0 Å². The van der Waals surface area contributed by atoms with Crippen LogP contribution in [-0.2, 0) is 0 Å². The van der Waals surface area contributed by atoms with E-state index in [1.807, 2.05) is 56.3 Å². The summed E-state index contributed by atoms with van der Waals surface area (Å²) in [7, 11) is 0. The van der Waals surface area contributed by atoms with E-state index in [1.165, 1.54) is 4.68 Å². The molecule has 170 valence electrons. The van der Waals surface area contributed by atoms with Crippen molar-refractivity contribution in [3.8, 4) is 5.75 Å². The number of benzene rings is 3. The van der Waals surface area contributed by atoms with Crippen LogP contribution in [0.4, 0.5) is 0 Å². The fraction of sp³-hybridized carbons (Fsp3) is 0.296. The Morgan fingerprint density at radius 1 is 1.09 bits per heavy atom.